The van der Waals surface area contributed by atoms with E-state index < -0.39 is 35.5 Å². The van der Waals surface area contributed by atoms with E-state index in [0.717, 1.165) is 14.0 Å². The number of aliphatic hydroxyl groups is 1. The van der Waals surface area contributed by atoms with E-state index in [1.54, 1.807) is 0 Å². The fourth-order valence-electron chi connectivity index (χ4n) is 1.32. The summed E-state index contributed by atoms with van der Waals surface area (Å²) in [6.45, 7) is 0.732. The third kappa shape index (κ3) is 4.09. The lowest BCUT2D eigenvalue weighted by atomic mass is 10.1. The summed E-state index contributed by atoms with van der Waals surface area (Å²) < 4.78 is 22.1. The largest absolute Gasteiger partial charge is 0.508 e. The highest BCUT2D eigenvalue weighted by molar-refractivity contribution is 6.16. The first-order valence-electron chi connectivity index (χ1n) is 5.35. The van der Waals surface area contributed by atoms with E-state index in [-0.39, 0.29) is 0 Å². The van der Waals surface area contributed by atoms with E-state index in [1.807, 2.05) is 0 Å². The number of halogens is 1. The van der Waals surface area contributed by atoms with Gasteiger partial charge < -0.3 is 14.6 Å². The minimum Gasteiger partial charge on any atom is -0.508 e. The van der Waals surface area contributed by atoms with Crippen molar-refractivity contribution in [3.8, 4) is 5.75 Å². The second-order valence-corrected chi connectivity index (χ2v) is 3.61. The number of hydrogen-bond donors (Lipinski definition) is 1. The van der Waals surface area contributed by atoms with Crippen molar-refractivity contribution in [2.75, 3.05) is 13.7 Å². The van der Waals surface area contributed by atoms with Gasteiger partial charge >= 0.3 is 5.97 Å². The number of carbonyl (C=O) groups excluding carboxylic acids is 2. The molecule has 0 aromatic heterocycles. The summed E-state index contributed by atoms with van der Waals surface area (Å²) in [7, 11) is 1.10. The van der Waals surface area contributed by atoms with Crippen LogP contribution < -0.4 is 4.74 Å². The lowest BCUT2D eigenvalue weighted by Gasteiger charge is -2.08. The number of ether oxygens (including phenoxy) is 2. The van der Waals surface area contributed by atoms with Crippen LogP contribution in [-0.2, 0) is 14.3 Å². The lowest BCUT2D eigenvalue weighted by molar-refractivity contribution is -0.137. The fourth-order valence-corrected chi connectivity index (χ4v) is 1.32. The number of hydrogen-bond acceptors (Lipinski definition) is 5. The Hall–Kier alpha value is -2.37. The molecule has 19 heavy (non-hydrogen) atoms. The number of rotatable bonds is 5. The number of Topliss-reactive ketones (excluding diaryl/α,β-unsaturated/α-hetero) is 1. The maximum absolute atomic E-state index is 12.7. The van der Waals surface area contributed by atoms with E-state index in [2.05, 4.69) is 4.74 Å². The van der Waals surface area contributed by atoms with Crippen molar-refractivity contribution in [1.82, 2.24) is 0 Å². The molecule has 0 amide bonds. The number of ketones is 1. The first-order chi connectivity index (χ1) is 8.95. The van der Waals surface area contributed by atoms with E-state index in [9.17, 15) is 19.1 Å². The average Bonchev–Trinajstić information content (AvgIpc) is 2.37. The molecule has 1 aromatic rings. The van der Waals surface area contributed by atoms with Crippen molar-refractivity contribution in [3.05, 3.63) is 41.4 Å². The van der Waals surface area contributed by atoms with Crippen LogP contribution in [0.1, 0.15) is 6.92 Å². The second kappa shape index (κ2) is 6.53. The Kier molecular flexibility index (Phi) is 5.05. The number of methoxy groups -OCH3 is 1. The molecular formula is C13H13FO5. The van der Waals surface area contributed by atoms with Gasteiger partial charge in [0.25, 0.3) is 0 Å². The van der Waals surface area contributed by atoms with E-state index >= 15 is 0 Å². The maximum atomic E-state index is 12.7. The molecular weight excluding hydrogens is 255 g/mol. The molecule has 0 aliphatic carbocycles. The van der Waals surface area contributed by atoms with Gasteiger partial charge in [-0.05, 0) is 31.2 Å². The second-order valence-electron chi connectivity index (χ2n) is 3.61. The molecule has 0 radical (unpaired) electrons. The van der Waals surface area contributed by atoms with Crippen LogP contribution >= 0.6 is 0 Å². The van der Waals surface area contributed by atoms with E-state index in [1.165, 1.54) is 24.3 Å². The third-order valence-corrected chi connectivity index (χ3v) is 2.22. The summed E-state index contributed by atoms with van der Waals surface area (Å²) in [5.41, 5.74) is -0.468. The number of carbonyl (C=O) groups is 2. The van der Waals surface area contributed by atoms with Crippen LogP contribution in [0.15, 0.2) is 35.6 Å². The van der Waals surface area contributed by atoms with Crippen LogP contribution in [0, 0.1) is 5.82 Å². The molecule has 0 unspecified atom stereocenters. The van der Waals surface area contributed by atoms with Crippen LogP contribution in [0.3, 0.4) is 0 Å². The van der Waals surface area contributed by atoms with Gasteiger partial charge in [-0.15, -0.1) is 0 Å². The van der Waals surface area contributed by atoms with Gasteiger partial charge in [0.05, 0.1) is 7.11 Å². The summed E-state index contributed by atoms with van der Waals surface area (Å²) in [4.78, 5) is 22.5. The van der Waals surface area contributed by atoms with Crippen LogP contribution in [0.25, 0.3) is 0 Å². The first-order valence-corrected chi connectivity index (χ1v) is 5.35. The van der Waals surface area contributed by atoms with E-state index in [4.69, 9.17) is 4.74 Å². The third-order valence-electron chi connectivity index (χ3n) is 2.22. The number of aliphatic hydroxyl groups excluding tert-OH is 1. The molecule has 0 saturated carbocycles. The molecule has 0 saturated heterocycles. The smallest absolute Gasteiger partial charge is 0.345 e. The van der Waals surface area contributed by atoms with Crippen LogP contribution in [0.2, 0.25) is 0 Å². The average molecular weight is 268 g/mol. The van der Waals surface area contributed by atoms with Gasteiger partial charge in [-0.2, -0.15) is 0 Å². The first kappa shape index (κ1) is 14.7. The standard InChI is InChI=1S/C13H13FO5/c1-8(15)12(13(17)18-2)11(16)7-19-10-5-3-9(14)4-6-10/h3-6,16H,7H2,1-2H3/b12-11+. The van der Waals surface area contributed by atoms with Crippen LogP contribution in [0.4, 0.5) is 4.39 Å². The molecule has 1 N–H and O–H groups in total. The van der Waals surface area contributed by atoms with E-state index in [0.29, 0.717) is 5.75 Å². The summed E-state index contributed by atoms with van der Waals surface area (Å²) in [5, 5.41) is 9.66. The minimum atomic E-state index is -0.937. The van der Waals surface area contributed by atoms with Crippen molar-refractivity contribution in [1.29, 1.82) is 0 Å². The molecule has 0 aliphatic heterocycles. The Morgan fingerprint density at radius 1 is 1.26 bits per heavy atom. The number of esters is 1. The molecule has 0 bridgehead atoms. The molecule has 102 valence electrons. The summed E-state index contributed by atoms with van der Waals surface area (Å²) >= 11 is 0. The molecule has 1 rings (SSSR count). The van der Waals surface area contributed by atoms with Gasteiger partial charge in [-0.1, -0.05) is 0 Å². The zero-order valence-corrected chi connectivity index (χ0v) is 10.5. The molecule has 0 fully saturated rings. The predicted octanol–water partition coefficient (Wildman–Crippen LogP) is 1.78. The molecule has 6 heteroatoms. The highest BCUT2D eigenvalue weighted by atomic mass is 19.1. The molecule has 0 aliphatic rings. The molecule has 5 nitrogen and oxygen atoms in total. The number of benzene rings is 1. The molecule has 0 spiro atoms. The molecule has 0 atom stereocenters. The van der Waals surface area contributed by atoms with Crippen molar-refractivity contribution in [2.45, 2.75) is 6.92 Å². The van der Waals surface area contributed by atoms with Gasteiger partial charge in [0.1, 0.15) is 29.5 Å². The Labute approximate surface area is 109 Å². The zero-order valence-electron chi connectivity index (χ0n) is 10.5. The molecule has 1 aromatic carbocycles. The van der Waals surface area contributed by atoms with Gasteiger partial charge in [0.2, 0.25) is 0 Å². The van der Waals surface area contributed by atoms with Crippen LogP contribution in [0.5, 0.6) is 5.75 Å². The van der Waals surface area contributed by atoms with Gasteiger partial charge in [0.15, 0.2) is 5.78 Å². The Morgan fingerprint density at radius 3 is 2.32 bits per heavy atom. The highest BCUT2D eigenvalue weighted by Crippen LogP contribution is 2.13. The van der Waals surface area contributed by atoms with Crippen molar-refractivity contribution in [2.24, 2.45) is 0 Å². The van der Waals surface area contributed by atoms with Gasteiger partial charge in [0, 0.05) is 0 Å². The highest BCUT2D eigenvalue weighted by Gasteiger charge is 2.21. The Balaban J connectivity index is 2.81. The quantitative estimate of drug-likeness (QED) is 0.290. The minimum absolute atomic E-state index is 0.292. The van der Waals surface area contributed by atoms with Crippen molar-refractivity contribution in [3.63, 3.8) is 0 Å². The van der Waals surface area contributed by atoms with Gasteiger partial charge in [-0.25, -0.2) is 9.18 Å². The predicted molar refractivity (Wildman–Crippen MR) is 64.2 cm³/mol. The fraction of sp³-hybridized carbons (Fsp3) is 0.231. The van der Waals surface area contributed by atoms with Crippen LogP contribution in [-0.4, -0.2) is 30.6 Å². The molecule has 0 heterocycles. The Bertz CT molecular complexity index is 504. The zero-order chi connectivity index (χ0) is 14.4. The monoisotopic (exact) mass is 268 g/mol. The van der Waals surface area contributed by atoms with Gasteiger partial charge in [-0.3, -0.25) is 4.79 Å². The van der Waals surface area contributed by atoms with Crippen molar-refractivity contribution >= 4 is 11.8 Å². The maximum Gasteiger partial charge on any atom is 0.345 e. The SMILES string of the molecule is COC(=O)/C(C(C)=O)=C(/O)COc1ccc(F)cc1. The summed E-state index contributed by atoms with van der Waals surface area (Å²) in [6, 6.07) is 5.08. The lowest BCUT2D eigenvalue weighted by Crippen LogP contribution is -2.17. The topological polar surface area (TPSA) is 72.8 Å². The Morgan fingerprint density at radius 2 is 1.84 bits per heavy atom. The summed E-state index contributed by atoms with van der Waals surface area (Å²) in [6.07, 6.45) is 0. The normalized spacial score (nSPS) is 11.5. The van der Waals surface area contributed by atoms with Crippen molar-refractivity contribution < 1.29 is 28.6 Å². The summed E-state index contributed by atoms with van der Waals surface area (Å²) in [5.74, 6) is -2.24.